The molecule has 0 bridgehead atoms. The minimum atomic E-state index is -0.470. The molecule has 1 aromatic rings. The topological polar surface area (TPSA) is 72.8 Å². The number of Topliss-reactive ketones (excluding diaryl/α,β-unsaturated/α-hetero) is 1. The predicted molar refractivity (Wildman–Crippen MR) is 62.8 cm³/mol. The van der Waals surface area contributed by atoms with Crippen molar-refractivity contribution in [2.45, 2.75) is 12.8 Å². The highest BCUT2D eigenvalue weighted by Gasteiger charge is 2.31. The third kappa shape index (κ3) is 2.03. The number of hydrogen-bond donors (Lipinski definition) is 1. The normalized spacial score (nSPS) is 18.1. The van der Waals surface area contributed by atoms with Gasteiger partial charge in [0.2, 0.25) is 0 Å². The Kier molecular flexibility index (Phi) is 3.23. The van der Waals surface area contributed by atoms with Crippen molar-refractivity contribution in [1.29, 1.82) is 0 Å². The summed E-state index contributed by atoms with van der Waals surface area (Å²) in [5.74, 6) is -0.773. The first kappa shape index (κ1) is 12.4. The minimum Gasteiger partial charge on any atom is -0.504 e. The molecule has 0 fully saturated rings. The lowest BCUT2D eigenvalue weighted by Gasteiger charge is -2.22. The zero-order chi connectivity index (χ0) is 13.3. The van der Waals surface area contributed by atoms with Crippen LogP contribution in [0.5, 0.6) is 11.5 Å². The summed E-state index contributed by atoms with van der Waals surface area (Å²) in [4.78, 5) is 23.4. The molecule has 0 saturated heterocycles. The van der Waals surface area contributed by atoms with Crippen LogP contribution in [0.15, 0.2) is 12.1 Å². The number of fused-ring (bicyclic) bond motifs is 1. The quantitative estimate of drug-likeness (QED) is 0.801. The van der Waals surface area contributed by atoms with Crippen LogP contribution in [0.4, 0.5) is 0 Å². The molecule has 1 aliphatic carbocycles. The first-order valence-electron chi connectivity index (χ1n) is 5.57. The molecule has 0 aromatic heterocycles. The van der Waals surface area contributed by atoms with E-state index < -0.39 is 11.9 Å². The van der Waals surface area contributed by atoms with Gasteiger partial charge in [0.25, 0.3) is 0 Å². The number of phenols is 1. The molecule has 96 valence electrons. The van der Waals surface area contributed by atoms with Gasteiger partial charge in [0.15, 0.2) is 17.3 Å². The molecule has 0 radical (unpaired) electrons. The standard InChI is InChI=1S/C13H14O5/c1-17-12-6-9-7(4-11(12)15)3-8(5-10(9)14)13(16)18-2/h4,6,8,15H,3,5H2,1-2H3/t8-/m0/s1. The Hall–Kier alpha value is -2.04. The highest BCUT2D eigenvalue weighted by atomic mass is 16.5. The molecule has 0 saturated carbocycles. The van der Waals surface area contributed by atoms with E-state index in [1.54, 1.807) is 0 Å². The Morgan fingerprint density at radius 3 is 2.67 bits per heavy atom. The maximum absolute atomic E-state index is 12.0. The molecule has 5 heteroatoms. The lowest BCUT2D eigenvalue weighted by atomic mass is 9.83. The van der Waals surface area contributed by atoms with Gasteiger partial charge in [-0.3, -0.25) is 9.59 Å². The van der Waals surface area contributed by atoms with Gasteiger partial charge < -0.3 is 14.6 Å². The van der Waals surface area contributed by atoms with Gasteiger partial charge in [0, 0.05) is 12.0 Å². The fourth-order valence-corrected chi connectivity index (χ4v) is 2.21. The molecule has 18 heavy (non-hydrogen) atoms. The van der Waals surface area contributed by atoms with Gasteiger partial charge >= 0.3 is 5.97 Å². The van der Waals surface area contributed by atoms with Crippen LogP contribution in [-0.4, -0.2) is 31.1 Å². The average Bonchev–Trinajstić information content (AvgIpc) is 2.36. The van der Waals surface area contributed by atoms with E-state index in [1.807, 2.05) is 0 Å². The fourth-order valence-electron chi connectivity index (χ4n) is 2.21. The van der Waals surface area contributed by atoms with Crippen LogP contribution in [0.3, 0.4) is 0 Å². The van der Waals surface area contributed by atoms with E-state index >= 15 is 0 Å². The van der Waals surface area contributed by atoms with Gasteiger partial charge in [-0.25, -0.2) is 0 Å². The number of benzene rings is 1. The van der Waals surface area contributed by atoms with Crippen LogP contribution in [0.25, 0.3) is 0 Å². The molecule has 1 atom stereocenters. The van der Waals surface area contributed by atoms with E-state index in [4.69, 9.17) is 4.74 Å². The third-order valence-corrected chi connectivity index (χ3v) is 3.14. The molecule has 1 aliphatic rings. The summed E-state index contributed by atoms with van der Waals surface area (Å²) in [7, 11) is 2.72. The van der Waals surface area contributed by atoms with E-state index in [1.165, 1.54) is 26.4 Å². The lowest BCUT2D eigenvalue weighted by molar-refractivity contribution is -0.145. The van der Waals surface area contributed by atoms with Crippen LogP contribution >= 0.6 is 0 Å². The van der Waals surface area contributed by atoms with Crippen LogP contribution in [0.2, 0.25) is 0 Å². The predicted octanol–water partition coefficient (Wildman–Crippen LogP) is 1.32. The Morgan fingerprint density at radius 2 is 2.06 bits per heavy atom. The van der Waals surface area contributed by atoms with Crippen LogP contribution < -0.4 is 4.74 Å². The zero-order valence-electron chi connectivity index (χ0n) is 10.2. The second kappa shape index (κ2) is 4.68. The molecule has 0 heterocycles. The maximum atomic E-state index is 12.0. The van der Waals surface area contributed by atoms with E-state index in [0.29, 0.717) is 17.5 Å². The molecule has 0 unspecified atom stereocenters. The summed E-state index contributed by atoms with van der Waals surface area (Å²) in [5.41, 5.74) is 1.16. The minimum absolute atomic E-state index is 0.0328. The number of ketones is 1. The van der Waals surface area contributed by atoms with Crippen molar-refractivity contribution in [3.63, 3.8) is 0 Å². The fraction of sp³-hybridized carbons (Fsp3) is 0.385. The first-order chi connectivity index (χ1) is 8.56. The zero-order valence-corrected chi connectivity index (χ0v) is 10.2. The molecule has 1 aromatic carbocycles. The summed E-state index contributed by atoms with van der Waals surface area (Å²) in [6, 6.07) is 2.99. The van der Waals surface area contributed by atoms with Crippen LogP contribution in [0.1, 0.15) is 22.3 Å². The number of methoxy groups -OCH3 is 2. The van der Waals surface area contributed by atoms with Crippen molar-refractivity contribution < 1.29 is 24.2 Å². The lowest BCUT2D eigenvalue weighted by Crippen LogP contribution is -2.27. The third-order valence-electron chi connectivity index (χ3n) is 3.14. The summed E-state index contributed by atoms with van der Waals surface area (Å²) in [5, 5.41) is 9.68. The molecular formula is C13H14O5. The number of esters is 1. The number of ether oxygens (including phenoxy) is 2. The van der Waals surface area contributed by atoms with Crippen LogP contribution in [0, 0.1) is 5.92 Å². The van der Waals surface area contributed by atoms with Gasteiger partial charge in [-0.15, -0.1) is 0 Å². The molecule has 0 spiro atoms. The van der Waals surface area contributed by atoms with Crippen molar-refractivity contribution in [2.75, 3.05) is 14.2 Å². The van der Waals surface area contributed by atoms with Crippen LogP contribution in [-0.2, 0) is 16.0 Å². The van der Waals surface area contributed by atoms with E-state index in [9.17, 15) is 14.7 Å². The number of carbonyl (C=O) groups is 2. The Labute approximate surface area is 104 Å². The summed E-state index contributed by atoms with van der Waals surface area (Å²) >= 11 is 0. The van der Waals surface area contributed by atoms with Gasteiger partial charge in [-0.05, 0) is 24.1 Å². The van der Waals surface area contributed by atoms with E-state index in [2.05, 4.69) is 4.74 Å². The molecule has 1 N–H and O–H groups in total. The van der Waals surface area contributed by atoms with E-state index in [0.717, 1.165) is 0 Å². The van der Waals surface area contributed by atoms with Gasteiger partial charge in [-0.2, -0.15) is 0 Å². The average molecular weight is 250 g/mol. The van der Waals surface area contributed by atoms with Crippen molar-refractivity contribution in [2.24, 2.45) is 5.92 Å². The highest BCUT2D eigenvalue weighted by molar-refractivity contribution is 6.01. The Bertz CT molecular complexity index is 506. The van der Waals surface area contributed by atoms with E-state index in [-0.39, 0.29) is 23.7 Å². The highest BCUT2D eigenvalue weighted by Crippen LogP contribution is 2.35. The smallest absolute Gasteiger partial charge is 0.309 e. The molecular weight excluding hydrogens is 236 g/mol. The maximum Gasteiger partial charge on any atom is 0.309 e. The number of rotatable bonds is 2. The number of hydrogen-bond acceptors (Lipinski definition) is 5. The van der Waals surface area contributed by atoms with Crippen molar-refractivity contribution in [3.8, 4) is 11.5 Å². The largest absolute Gasteiger partial charge is 0.504 e. The molecule has 5 nitrogen and oxygen atoms in total. The molecule has 0 amide bonds. The van der Waals surface area contributed by atoms with Gasteiger partial charge in [0.1, 0.15) is 0 Å². The summed E-state index contributed by atoms with van der Waals surface area (Å²) in [6.07, 6.45) is 0.527. The molecule has 2 rings (SSSR count). The second-order valence-corrected chi connectivity index (χ2v) is 4.23. The number of carbonyl (C=O) groups excluding carboxylic acids is 2. The monoisotopic (exact) mass is 250 g/mol. The van der Waals surface area contributed by atoms with Gasteiger partial charge in [-0.1, -0.05) is 0 Å². The first-order valence-corrected chi connectivity index (χ1v) is 5.57. The summed E-state index contributed by atoms with van der Waals surface area (Å²) < 4.78 is 9.61. The van der Waals surface area contributed by atoms with Gasteiger partial charge in [0.05, 0.1) is 20.1 Å². The number of aromatic hydroxyl groups is 1. The Balaban J connectivity index is 2.39. The van der Waals surface area contributed by atoms with Crippen molar-refractivity contribution in [1.82, 2.24) is 0 Å². The number of phenolic OH excluding ortho intramolecular Hbond substituents is 1. The van der Waals surface area contributed by atoms with Crippen molar-refractivity contribution in [3.05, 3.63) is 23.3 Å². The van der Waals surface area contributed by atoms with Crippen molar-refractivity contribution >= 4 is 11.8 Å². The molecule has 0 aliphatic heterocycles. The second-order valence-electron chi connectivity index (χ2n) is 4.23. The SMILES string of the molecule is COC(=O)[C@@H]1CC(=O)c2cc(OC)c(O)cc2C1. The summed E-state index contributed by atoms with van der Waals surface area (Å²) in [6.45, 7) is 0. The Morgan fingerprint density at radius 1 is 1.33 bits per heavy atom.